The molecule has 0 spiro atoms. The van der Waals surface area contributed by atoms with Crippen molar-refractivity contribution >= 4 is 44.8 Å². The van der Waals surface area contributed by atoms with E-state index in [4.69, 9.17) is 23.2 Å². The lowest BCUT2D eigenvalue weighted by Gasteiger charge is -2.16. The Hall–Kier alpha value is -0.700. The average Bonchev–Trinajstić information content (AvgIpc) is 2.36. The molecule has 0 radical (unpaired) electrons. The fourth-order valence-corrected chi connectivity index (χ4v) is 2.75. The Morgan fingerprint density at radius 1 is 1.11 bits per heavy atom. The Kier molecular flexibility index (Phi) is 5.14. The van der Waals surface area contributed by atoms with Crippen molar-refractivity contribution in [2.75, 3.05) is 5.32 Å². The fourth-order valence-electron chi connectivity index (χ4n) is 1.90. The van der Waals surface area contributed by atoms with Gasteiger partial charge in [-0.05, 0) is 49.2 Å². The molecule has 2 aromatic carbocycles. The van der Waals surface area contributed by atoms with E-state index < -0.39 is 0 Å². The number of rotatable bonds is 4. The predicted molar refractivity (Wildman–Crippen MR) is 87.4 cm³/mol. The molecule has 0 aliphatic heterocycles. The van der Waals surface area contributed by atoms with Crippen molar-refractivity contribution in [3.05, 3.63) is 62.5 Å². The molecular formula is C15H14BrCl2N. The highest BCUT2D eigenvalue weighted by atomic mass is 79.9. The molecule has 2 aromatic rings. The molecule has 0 saturated carbocycles. The van der Waals surface area contributed by atoms with E-state index >= 15 is 0 Å². The summed E-state index contributed by atoms with van der Waals surface area (Å²) >= 11 is 15.5. The van der Waals surface area contributed by atoms with E-state index in [9.17, 15) is 0 Å². The van der Waals surface area contributed by atoms with Gasteiger partial charge in [-0.1, -0.05) is 51.3 Å². The van der Waals surface area contributed by atoms with E-state index in [1.54, 1.807) is 0 Å². The standard InChI is InChI=1S/C15H14BrCl2N/c1-10(8-11-2-5-13(17)6-3-11)19-15-7-4-12(16)9-14(15)18/h2-7,9-10,19H,8H2,1H3. The molecule has 0 aliphatic rings. The van der Waals surface area contributed by atoms with Crippen molar-refractivity contribution in [2.24, 2.45) is 0 Å². The van der Waals surface area contributed by atoms with Gasteiger partial charge in [0.25, 0.3) is 0 Å². The first kappa shape index (κ1) is 14.7. The fraction of sp³-hybridized carbons (Fsp3) is 0.200. The highest BCUT2D eigenvalue weighted by Crippen LogP contribution is 2.26. The van der Waals surface area contributed by atoms with Crippen LogP contribution < -0.4 is 5.32 Å². The maximum absolute atomic E-state index is 6.19. The van der Waals surface area contributed by atoms with Gasteiger partial charge in [0.1, 0.15) is 0 Å². The van der Waals surface area contributed by atoms with Gasteiger partial charge < -0.3 is 5.32 Å². The zero-order valence-corrected chi connectivity index (χ0v) is 13.6. The summed E-state index contributed by atoms with van der Waals surface area (Å²) in [5.74, 6) is 0. The minimum Gasteiger partial charge on any atom is -0.381 e. The molecule has 1 N–H and O–H groups in total. The van der Waals surface area contributed by atoms with Gasteiger partial charge >= 0.3 is 0 Å². The average molecular weight is 359 g/mol. The lowest BCUT2D eigenvalue weighted by molar-refractivity contribution is 0.790. The molecule has 0 bridgehead atoms. The van der Waals surface area contributed by atoms with Crippen LogP contribution in [-0.4, -0.2) is 6.04 Å². The van der Waals surface area contributed by atoms with Gasteiger partial charge in [-0.25, -0.2) is 0 Å². The van der Waals surface area contributed by atoms with E-state index in [1.807, 2.05) is 42.5 Å². The third kappa shape index (κ3) is 4.41. The quantitative estimate of drug-likeness (QED) is 0.728. The monoisotopic (exact) mass is 357 g/mol. The van der Waals surface area contributed by atoms with Crippen LogP contribution in [0.4, 0.5) is 5.69 Å². The van der Waals surface area contributed by atoms with Crippen molar-refractivity contribution in [1.82, 2.24) is 0 Å². The number of hydrogen-bond acceptors (Lipinski definition) is 1. The molecule has 0 aliphatic carbocycles. The summed E-state index contributed by atoms with van der Waals surface area (Å²) in [5, 5.41) is 4.90. The second kappa shape index (κ2) is 6.65. The Morgan fingerprint density at radius 2 is 1.79 bits per heavy atom. The molecule has 4 heteroatoms. The number of hydrogen-bond donors (Lipinski definition) is 1. The Morgan fingerprint density at radius 3 is 2.42 bits per heavy atom. The zero-order valence-electron chi connectivity index (χ0n) is 10.5. The number of anilines is 1. The third-order valence-corrected chi connectivity index (χ3v) is 3.85. The summed E-state index contributed by atoms with van der Waals surface area (Å²) in [6, 6.07) is 14.0. The molecule has 19 heavy (non-hydrogen) atoms. The lowest BCUT2D eigenvalue weighted by atomic mass is 10.1. The smallest absolute Gasteiger partial charge is 0.0648 e. The molecule has 1 unspecified atom stereocenters. The number of benzene rings is 2. The topological polar surface area (TPSA) is 12.0 Å². The predicted octanol–water partition coefficient (Wildman–Crippen LogP) is 5.80. The Bertz CT molecular complexity index is 555. The molecule has 0 fully saturated rings. The van der Waals surface area contributed by atoms with Crippen LogP contribution in [0.15, 0.2) is 46.9 Å². The van der Waals surface area contributed by atoms with E-state index in [0.717, 1.165) is 26.6 Å². The van der Waals surface area contributed by atoms with Gasteiger partial charge in [0, 0.05) is 15.5 Å². The summed E-state index contributed by atoms with van der Waals surface area (Å²) in [6.07, 6.45) is 0.920. The first-order chi connectivity index (χ1) is 9.04. The molecular weight excluding hydrogens is 345 g/mol. The van der Waals surface area contributed by atoms with Crippen LogP contribution in [0.2, 0.25) is 10.0 Å². The van der Waals surface area contributed by atoms with Crippen molar-refractivity contribution in [3.63, 3.8) is 0 Å². The minimum atomic E-state index is 0.292. The maximum atomic E-state index is 6.19. The lowest BCUT2D eigenvalue weighted by Crippen LogP contribution is -2.18. The molecule has 0 saturated heterocycles. The third-order valence-electron chi connectivity index (χ3n) is 2.79. The SMILES string of the molecule is CC(Cc1ccc(Cl)cc1)Nc1ccc(Br)cc1Cl. The molecule has 1 nitrogen and oxygen atoms in total. The molecule has 0 aromatic heterocycles. The maximum Gasteiger partial charge on any atom is 0.0648 e. The molecule has 0 amide bonds. The second-order valence-electron chi connectivity index (χ2n) is 4.50. The number of halogens is 3. The summed E-state index contributed by atoms with van der Waals surface area (Å²) in [6.45, 7) is 2.13. The van der Waals surface area contributed by atoms with Crippen LogP contribution in [-0.2, 0) is 6.42 Å². The van der Waals surface area contributed by atoms with E-state index in [1.165, 1.54) is 5.56 Å². The molecule has 1 atom stereocenters. The highest BCUT2D eigenvalue weighted by molar-refractivity contribution is 9.10. The van der Waals surface area contributed by atoms with Crippen LogP contribution in [0.3, 0.4) is 0 Å². The summed E-state index contributed by atoms with van der Waals surface area (Å²) in [4.78, 5) is 0. The van der Waals surface area contributed by atoms with Crippen molar-refractivity contribution in [1.29, 1.82) is 0 Å². The van der Waals surface area contributed by atoms with Gasteiger partial charge in [-0.15, -0.1) is 0 Å². The van der Waals surface area contributed by atoms with Gasteiger partial charge in [-0.2, -0.15) is 0 Å². The zero-order chi connectivity index (χ0) is 13.8. The van der Waals surface area contributed by atoms with Gasteiger partial charge in [0.2, 0.25) is 0 Å². The van der Waals surface area contributed by atoms with Crippen LogP contribution in [0.1, 0.15) is 12.5 Å². The van der Waals surface area contributed by atoms with Crippen molar-refractivity contribution < 1.29 is 0 Å². The van der Waals surface area contributed by atoms with Crippen molar-refractivity contribution in [2.45, 2.75) is 19.4 Å². The minimum absolute atomic E-state index is 0.292. The summed E-state index contributed by atoms with van der Waals surface area (Å²) in [5.41, 5.74) is 2.20. The van der Waals surface area contributed by atoms with E-state index in [-0.39, 0.29) is 0 Å². The first-order valence-corrected chi connectivity index (χ1v) is 7.55. The summed E-state index contributed by atoms with van der Waals surface area (Å²) < 4.78 is 0.980. The van der Waals surface area contributed by atoms with Crippen LogP contribution >= 0.6 is 39.1 Å². The van der Waals surface area contributed by atoms with Crippen LogP contribution in [0, 0.1) is 0 Å². The van der Waals surface area contributed by atoms with Crippen LogP contribution in [0.25, 0.3) is 0 Å². The Labute approximate surface area is 132 Å². The normalized spacial score (nSPS) is 12.2. The molecule has 100 valence electrons. The van der Waals surface area contributed by atoms with Gasteiger partial charge in [-0.3, -0.25) is 0 Å². The van der Waals surface area contributed by atoms with Gasteiger partial charge in [0.05, 0.1) is 10.7 Å². The Balaban J connectivity index is 2.01. The highest BCUT2D eigenvalue weighted by Gasteiger charge is 2.07. The molecule has 2 rings (SSSR count). The van der Waals surface area contributed by atoms with E-state index in [2.05, 4.69) is 28.2 Å². The van der Waals surface area contributed by atoms with Gasteiger partial charge in [0.15, 0.2) is 0 Å². The van der Waals surface area contributed by atoms with Crippen molar-refractivity contribution in [3.8, 4) is 0 Å². The largest absolute Gasteiger partial charge is 0.381 e. The molecule has 0 heterocycles. The van der Waals surface area contributed by atoms with E-state index in [0.29, 0.717) is 6.04 Å². The summed E-state index contributed by atoms with van der Waals surface area (Å²) in [7, 11) is 0. The first-order valence-electron chi connectivity index (χ1n) is 6.00. The second-order valence-corrected chi connectivity index (χ2v) is 6.26. The van der Waals surface area contributed by atoms with Crippen LogP contribution in [0.5, 0.6) is 0 Å². The number of nitrogens with one attached hydrogen (secondary N) is 1.